The summed E-state index contributed by atoms with van der Waals surface area (Å²) in [5.74, 6) is 1.75. The molecule has 2 aromatic rings. The zero-order valence-electron chi connectivity index (χ0n) is 14.5. The van der Waals surface area contributed by atoms with Crippen molar-refractivity contribution in [3.8, 4) is 17.2 Å². The van der Waals surface area contributed by atoms with Gasteiger partial charge in [0.1, 0.15) is 17.2 Å². The Labute approximate surface area is 142 Å². The van der Waals surface area contributed by atoms with Gasteiger partial charge in [0.15, 0.2) is 6.10 Å². The summed E-state index contributed by atoms with van der Waals surface area (Å²) in [6.45, 7) is 6.19. The predicted molar refractivity (Wildman–Crippen MR) is 94.1 cm³/mol. The van der Waals surface area contributed by atoms with Gasteiger partial charge in [-0.15, -0.1) is 0 Å². The van der Waals surface area contributed by atoms with E-state index in [-0.39, 0.29) is 5.91 Å². The highest BCUT2D eigenvalue weighted by molar-refractivity contribution is 5.95. The maximum atomic E-state index is 12.3. The van der Waals surface area contributed by atoms with Crippen molar-refractivity contribution >= 4 is 11.6 Å². The summed E-state index contributed by atoms with van der Waals surface area (Å²) in [5, 5.41) is 2.84. The summed E-state index contributed by atoms with van der Waals surface area (Å²) in [7, 11) is 1.57. The van der Waals surface area contributed by atoms with E-state index in [0.29, 0.717) is 23.8 Å². The zero-order chi connectivity index (χ0) is 17.5. The molecule has 0 saturated heterocycles. The van der Waals surface area contributed by atoms with Crippen molar-refractivity contribution in [1.82, 2.24) is 0 Å². The van der Waals surface area contributed by atoms with Crippen LogP contribution in [0.3, 0.4) is 0 Å². The van der Waals surface area contributed by atoms with Crippen LogP contribution in [0, 0.1) is 6.92 Å². The van der Waals surface area contributed by atoms with Crippen molar-refractivity contribution in [2.24, 2.45) is 0 Å². The number of carbonyl (C=O) groups excluding carboxylic acids is 1. The number of amides is 1. The second-order valence-electron chi connectivity index (χ2n) is 5.36. The highest BCUT2D eigenvalue weighted by atomic mass is 16.5. The summed E-state index contributed by atoms with van der Waals surface area (Å²) >= 11 is 0. The molecule has 1 unspecified atom stereocenters. The zero-order valence-corrected chi connectivity index (χ0v) is 14.5. The standard InChI is InChI=1S/C19H23NO4/c1-5-23-15-7-9-16(10-8-15)24-14(3)19(21)20-17-12-13(2)6-11-18(17)22-4/h6-12,14H,5H2,1-4H3,(H,20,21). The molecule has 0 spiro atoms. The number of anilines is 1. The largest absolute Gasteiger partial charge is 0.495 e. The number of methoxy groups -OCH3 is 1. The van der Waals surface area contributed by atoms with Crippen LogP contribution in [0.25, 0.3) is 0 Å². The Kier molecular flexibility index (Phi) is 6.07. The molecule has 0 aliphatic rings. The minimum Gasteiger partial charge on any atom is -0.495 e. The molecule has 0 fully saturated rings. The first-order chi connectivity index (χ1) is 11.5. The fraction of sp³-hybridized carbons (Fsp3) is 0.316. The topological polar surface area (TPSA) is 56.8 Å². The average Bonchev–Trinajstić information content (AvgIpc) is 2.57. The van der Waals surface area contributed by atoms with Gasteiger partial charge in [0.2, 0.25) is 0 Å². The van der Waals surface area contributed by atoms with E-state index in [4.69, 9.17) is 14.2 Å². The molecular weight excluding hydrogens is 306 g/mol. The van der Waals surface area contributed by atoms with Gasteiger partial charge in [0.05, 0.1) is 19.4 Å². The number of hydrogen-bond acceptors (Lipinski definition) is 4. The Morgan fingerprint density at radius 2 is 1.79 bits per heavy atom. The molecule has 5 nitrogen and oxygen atoms in total. The summed E-state index contributed by atoms with van der Waals surface area (Å²) in [6, 6.07) is 12.8. The number of ether oxygens (including phenoxy) is 3. The summed E-state index contributed by atoms with van der Waals surface area (Å²) in [4.78, 5) is 12.3. The van der Waals surface area contributed by atoms with Crippen LogP contribution in [0.15, 0.2) is 42.5 Å². The molecule has 1 N–H and O–H groups in total. The van der Waals surface area contributed by atoms with E-state index < -0.39 is 6.10 Å². The van der Waals surface area contributed by atoms with Crippen molar-refractivity contribution in [1.29, 1.82) is 0 Å². The van der Waals surface area contributed by atoms with E-state index in [0.717, 1.165) is 11.3 Å². The van der Waals surface area contributed by atoms with E-state index in [9.17, 15) is 4.79 Å². The van der Waals surface area contributed by atoms with Crippen LogP contribution < -0.4 is 19.5 Å². The monoisotopic (exact) mass is 329 g/mol. The number of carbonyl (C=O) groups is 1. The molecule has 5 heteroatoms. The number of hydrogen-bond donors (Lipinski definition) is 1. The van der Waals surface area contributed by atoms with Gasteiger partial charge < -0.3 is 19.5 Å². The van der Waals surface area contributed by atoms with E-state index in [1.807, 2.05) is 44.2 Å². The van der Waals surface area contributed by atoms with E-state index in [2.05, 4.69) is 5.32 Å². The van der Waals surface area contributed by atoms with Crippen molar-refractivity contribution in [3.63, 3.8) is 0 Å². The summed E-state index contributed by atoms with van der Waals surface area (Å²) < 4.78 is 16.3. The SMILES string of the molecule is CCOc1ccc(OC(C)C(=O)Nc2cc(C)ccc2OC)cc1. The van der Waals surface area contributed by atoms with Gasteiger partial charge in [0, 0.05) is 0 Å². The first kappa shape index (κ1) is 17.7. The molecule has 0 heterocycles. The fourth-order valence-electron chi connectivity index (χ4n) is 2.19. The number of benzene rings is 2. The summed E-state index contributed by atoms with van der Waals surface area (Å²) in [5.41, 5.74) is 1.66. The Hall–Kier alpha value is -2.69. The van der Waals surface area contributed by atoms with Gasteiger partial charge in [-0.25, -0.2) is 0 Å². The lowest BCUT2D eigenvalue weighted by molar-refractivity contribution is -0.122. The Bertz CT molecular complexity index is 682. The van der Waals surface area contributed by atoms with Crippen molar-refractivity contribution in [2.75, 3.05) is 19.0 Å². The predicted octanol–water partition coefficient (Wildman–Crippen LogP) is 3.81. The first-order valence-electron chi connectivity index (χ1n) is 7.88. The molecule has 1 amide bonds. The quantitative estimate of drug-likeness (QED) is 0.839. The highest BCUT2D eigenvalue weighted by Crippen LogP contribution is 2.26. The molecule has 0 aliphatic heterocycles. The minimum absolute atomic E-state index is 0.243. The van der Waals surface area contributed by atoms with Crippen molar-refractivity contribution in [3.05, 3.63) is 48.0 Å². The van der Waals surface area contributed by atoms with Gasteiger partial charge in [-0.1, -0.05) is 6.07 Å². The summed E-state index contributed by atoms with van der Waals surface area (Å²) in [6.07, 6.45) is -0.645. The maximum absolute atomic E-state index is 12.3. The van der Waals surface area contributed by atoms with Crippen LogP contribution in [0.1, 0.15) is 19.4 Å². The van der Waals surface area contributed by atoms with Crippen LogP contribution in [0.2, 0.25) is 0 Å². The number of rotatable bonds is 7. The molecule has 1 atom stereocenters. The molecule has 2 rings (SSSR count). The van der Waals surface area contributed by atoms with Gasteiger partial charge in [-0.05, 0) is 62.7 Å². The van der Waals surface area contributed by atoms with Gasteiger partial charge >= 0.3 is 0 Å². The van der Waals surface area contributed by atoms with Gasteiger partial charge in [-0.2, -0.15) is 0 Å². The van der Waals surface area contributed by atoms with Crippen molar-refractivity contribution in [2.45, 2.75) is 26.9 Å². The molecule has 0 aliphatic carbocycles. The lowest BCUT2D eigenvalue weighted by atomic mass is 10.2. The maximum Gasteiger partial charge on any atom is 0.265 e. The third kappa shape index (κ3) is 4.65. The molecule has 0 radical (unpaired) electrons. The highest BCUT2D eigenvalue weighted by Gasteiger charge is 2.17. The second-order valence-corrected chi connectivity index (χ2v) is 5.36. The number of nitrogens with one attached hydrogen (secondary N) is 1. The van der Waals surface area contributed by atoms with Gasteiger partial charge in [-0.3, -0.25) is 4.79 Å². The van der Waals surface area contributed by atoms with E-state index in [1.165, 1.54) is 0 Å². The van der Waals surface area contributed by atoms with Crippen LogP contribution in [-0.4, -0.2) is 25.7 Å². The van der Waals surface area contributed by atoms with E-state index >= 15 is 0 Å². The average molecular weight is 329 g/mol. The Morgan fingerprint density at radius 1 is 1.12 bits per heavy atom. The van der Waals surface area contributed by atoms with Crippen LogP contribution in [0.5, 0.6) is 17.2 Å². The Morgan fingerprint density at radius 3 is 2.42 bits per heavy atom. The van der Waals surface area contributed by atoms with Crippen molar-refractivity contribution < 1.29 is 19.0 Å². The molecule has 0 saturated carbocycles. The third-order valence-electron chi connectivity index (χ3n) is 3.43. The smallest absolute Gasteiger partial charge is 0.265 e. The second kappa shape index (κ2) is 8.24. The molecule has 0 aromatic heterocycles. The number of aryl methyl sites for hydroxylation is 1. The van der Waals surface area contributed by atoms with Crippen LogP contribution >= 0.6 is 0 Å². The first-order valence-corrected chi connectivity index (χ1v) is 7.88. The minimum atomic E-state index is -0.645. The van der Waals surface area contributed by atoms with E-state index in [1.54, 1.807) is 26.2 Å². The molecular formula is C19H23NO4. The lowest BCUT2D eigenvalue weighted by Gasteiger charge is -2.16. The lowest BCUT2D eigenvalue weighted by Crippen LogP contribution is -2.30. The molecule has 2 aromatic carbocycles. The Balaban J connectivity index is 2.00. The van der Waals surface area contributed by atoms with Gasteiger partial charge in [0.25, 0.3) is 5.91 Å². The molecule has 0 bridgehead atoms. The molecule has 24 heavy (non-hydrogen) atoms. The third-order valence-corrected chi connectivity index (χ3v) is 3.43. The fourth-order valence-corrected chi connectivity index (χ4v) is 2.19. The molecule has 128 valence electrons. The van der Waals surface area contributed by atoms with Crippen LogP contribution in [0.4, 0.5) is 5.69 Å². The normalized spacial score (nSPS) is 11.5. The van der Waals surface area contributed by atoms with Crippen LogP contribution in [-0.2, 0) is 4.79 Å².